The predicted molar refractivity (Wildman–Crippen MR) is 122 cm³/mol. The summed E-state index contributed by atoms with van der Waals surface area (Å²) in [4.78, 5) is 12.5. The number of aryl methyl sites for hydroxylation is 1. The molecule has 0 N–H and O–H groups in total. The molecule has 1 saturated carbocycles. The minimum absolute atomic E-state index is 0.183. The van der Waals surface area contributed by atoms with Gasteiger partial charge in [-0.1, -0.05) is 43.8 Å². The van der Waals surface area contributed by atoms with E-state index in [0.717, 1.165) is 27.2 Å². The van der Waals surface area contributed by atoms with Gasteiger partial charge < -0.3 is 9.64 Å². The number of benzene rings is 1. The highest BCUT2D eigenvalue weighted by Crippen LogP contribution is 2.50. The minimum atomic E-state index is -0.359. The van der Waals surface area contributed by atoms with E-state index in [1.54, 1.807) is 17.4 Å². The largest absolute Gasteiger partial charge is 0.475 e. The Hall–Kier alpha value is -2.73. The number of fused-ring (bicyclic) bond motifs is 2. The van der Waals surface area contributed by atoms with Gasteiger partial charge in [-0.3, -0.25) is 0 Å². The predicted octanol–water partition coefficient (Wildman–Crippen LogP) is 5.80. The van der Waals surface area contributed by atoms with Crippen LogP contribution in [0.5, 0.6) is 5.88 Å². The number of piperidine rings is 2. The van der Waals surface area contributed by atoms with E-state index < -0.39 is 0 Å². The molecule has 3 fully saturated rings. The molecular formula is C25H26FN3OS. The molecule has 4 heterocycles. The Morgan fingerprint density at radius 2 is 2.00 bits per heavy atom. The Bertz CT molecular complexity index is 1080. The summed E-state index contributed by atoms with van der Waals surface area (Å²) in [5.41, 5.74) is 3.11. The Balaban J connectivity index is 1.43. The number of rotatable bonds is 6. The molecule has 0 unspecified atom stereocenters. The van der Waals surface area contributed by atoms with E-state index in [-0.39, 0.29) is 11.9 Å². The smallest absolute Gasteiger partial charge is 0.213 e. The van der Waals surface area contributed by atoms with Crippen LogP contribution in [0.3, 0.4) is 0 Å². The van der Waals surface area contributed by atoms with Crippen LogP contribution in [0.1, 0.15) is 30.5 Å². The zero-order valence-electron chi connectivity index (χ0n) is 17.8. The molecule has 3 aliphatic rings. The van der Waals surface area contributed by atoms with Crippen LogP contribution in [0.4, 0.5) is 4.39 Å². The average Bonchev–Trinajstić information content (AvgIpc) is 3.14. The lowest BCUT2D eigenvalue weighted by Gasteiger charge is -2.58. The first-order valence-electron chi connectivity index (χ1n) is 10.8. The topological polar surface area (TPSA) is 38.2 Å². The normalized spacial score (nSPS) is 24.5. The second kappa shape index (κ2) is 8.08. The summed E-state index contributed by atoms with van der Waals surface area (Å²) in [6, 6.07) is 14.0. The van der Waals surface area contributed by atoms with Crippen molar-refractivity contribution in [1.29, 1.82) is 0 Å². The van der Waals surface area contributed by atoms with Gasteiger partial charge in [0, 0.05) is 12.1 Å². The second-order valence-corrected chi connectivity index (χ2v) is 9.77. The number of pyridine rings is 1. The van der Waals surface area contributed by atoms with Crippen LogP contribution in [-0.2, 0) is 0 Å². The second-order valence-electron chi connectivity index (χ2n) is 8.57. The van der Waals surface area contributed by atoms with Gasteiger partial charge in [0.15, 0.2) is 0 Å². The Morgan fingerprint density at radius 1 is 1.23 bits per heavy atom. The van der Waals surface area contributed by atoms with Gasteiger partial charge in [-0.2, -0.15) is 0 Å². The van der Waals surface area contributed by atoms with E-state index in [2.05, 4.69) is 47.7 Å². The molecule has 2 saturated heterocycles. The minimum Gasteiger partial charge on any atom is -0.475 e. The van der Waals surface area contributed by atoms with E-state index in [1.165, 1.54) is 30.7 Å². The highest BCUT2D eigenvalue weighted by atomic mass is 32.1. The van der Waals surface area contributed by atoms with Crippen LogP contribution >= 0.6 is 11.3 Å². The number of aromatic nitrogens is 2. The van der Waals surface area contributed by atoms with Crippen LogP contribution in [-0.4, -0.2) is 33.6 Å². The van der Waals surface area contributed by atoms with Gasteiger partial charge in [0.2, 0.25) is 5.88 Å². The summed E-state index contributed by atoms with van der Waals surface area (Å²) in [5.74, 6) is 1.28. The highest BCUT2D eigenvalue weighted by Gasteiger charge is 2.49. The lowest BCUT2D eigenvalue weighted by Crippen LogP contribution is -2.61. The molecule has 2 atom stereocenters. The maximum atomic E-state index is 13.2. The van der Waals surface area contributed by atoms with Crippen LogP contribution < -0.4 is 4.74 Å². The van der Waals surface area contributed by atoms with E-state index in [9.17, 15) is 4.39 Å². The number of halogens is 1. The van der Waals surface area contributed by atoms with Crippen molar-refractivity contribution < 1.29 is 9.13 Å². The van der Waals surface area contributed by atoms with E-state index in [0.29, 0.717) is 24.4 Å². The fourth-order valence-electron chi connectivity index (χ4n) is 4.93. The summed E-state index contributed by atoms with van der Waals surface area (Å²) in [7, 11) is 0. The molecule has 3 aromatic rings. The van der Waals surface area contributed by atoms with Crippen molar-refractivity contribution in [1.82, 2.24) is 14.9 Å². The Kier molecular flexibility index (Phi) is 5.26. The fourth-order valence-corrected chi connectivity index (χ4v) is 5.87. The van der Waals surface area contributed by atoms with Crippen molar-refractivity contribution in [3.05, 3.63) is 71.8 Å². The number of thiazole rings is 1. The molecule has 1 aromatic carbocycles. The summed E-state index contributed by atoms with van der Waals surface area (Å²) < 4.78 is 19.2. The number of hydrogen-bond donors (Lipinski definition) is 0. The molecule has 2 bridgehead atoms. The molecule has 0 spiro atoms. The van der Waals surface area contributed by atoms with Gasteiger partial charge in [0.1, 0.15) is 18.1 Å². The first kappa shape index (κ1) is 20.2. The molecule has 4 nitrogen and oxygen atoms in total. The first-order chi connectivity index (χ1) is 15.0. The molecule has 0 radical (unpaired) electrons. The lowest BCUT2D eigenvalue weighted by molar-refractivity contribution is -0.0526. The summed E-state index contributed by atoms with van der Waals surface area (Å²) in [6.07, 6.45) is 3.57. The van der Waals surface area contributed by atoms with Gasteiger partial charge in [-0.15, -0.1) is 11.3 Å². The van der Waals surface area contributed by atoms with Crippen LogP contribution in [0, 0.1) is 24.6 Å². The van der Waals surface area contributed by atoms with Crippen molar-refractivity contribution in [2.45, 2.75) is 38.8 Å². The average molecular weight is 436 g/mol. The summed E-state index contributed by atoms with van der Waals surface area (Å²) >= 11 is 1.71. The molecule has 6 heteroatoms. The van der Waals surface area contributed by atoms with E-state index in [1.807, 2.05) is 13.0 Å². The van der Waals surface area contributed by atoms with Crippen molar-refractivity contribution in [2.75, 3.05) is 6.61 Å². The van der Waals surface area contributed by atoms with Crippen molar-refractivity contribution in [3.63, 3.8) is 0 Å². The first-order valence-corrected chi connectivity index (χ1v) is 11.6. The molecule has 2 aromatic heterocycles. The SMILES string of the molecule is C=C(c1nc(C)sc1-c1ccccc1)N1C2CC(C2)[C@@H](C)[C@@H]1COc1ccc(F)cn1. The van der Waals surface area contributed by atoms with Crippen molar-refractivity contribution >= 4 is 17.0 Å². The van der Waals surface area contributed by atoms with Gasteiger partial charge in [0.05, 0.1) is 27.8 Å². The monoisotopic (exact) mass is 435 g/mol. The standard InChI is InChI=1S/C25H26FN3OS/c1-15-19-11-21(12-19)29(22(15)14-30-23-10-9-20(26)13-27-23)16(2)24-25(31-17(3)28-24)18-7-5-4-6-8-18/h4-10,13,15,19,21-22H,2,11-12,14H2,1,3H3/t15-,19?,21?,22+/m1/s1. The maximum absolute atomic E-state index is 13.2. The third-order valence-corrected chi connectivity index (χ3v) is 7.73. The maximum Gasteiger partial charge on any atom is 0.213 e. The Labute approximate surface area is 186 Å². The zero-order valence-corrected chi connectivity index (χ0v) is 18.6. The van der Waals surface area contributed by atoms with Crippen molar-refractivity contribution in [2.24, 2.45) is 11.8 Å². The molecule has 1 aliphatic carbocycles. The molecule has 160 valence electrons. The third-order valence-electron chi connectivity index (χ3n) is 6.71. The van der Waals surface area contributed by atoms with Crippen LogP contribution in [0.2, 0.25) is 0 Å². The van der Waals surface area contributed by atoms with Gasteiger partial charge in [-0.05, 0) is 43.2 Å². The number of hydrogen-bond acceptors (Lipinski definition) is 5. The van der Waals surface area contributed by atoms with E-state index in [4.69, 9.17) is 9.72 Å². The van der Waals surface area contributed by atoms with Crippen molar-refractivity contribution in [3.8, 4) is 16.3 Å². The van der Waals surface area contributed by atoms with Gasteiger partial charge in [0.25, 0.3) is 0 Å². The molecule has 6 rings (SSSR count). The molecule has 0 amide bonds. The van der Waals surface area contributed by atoms with Crippen LogP contribution in [0.25, 0.3) is 16.1 Å². The number of nitrogens with zero attached hydrogens (tertiary/aromatic N) is 3. The molecular weight excluding hydrogens is 409 g/mol. The summed E-state index contributed by atoms with van der Waals surface area (Å²) in [6.45, 7) is 9.37. The van der Waals surface area contributed by atoms with Gasteiger partial charge in [-0.25, -0.2) is 14.4 Å². The summed E-state index contributed by atoms with van der Waals surface area (Å²) in [5, 5.41) is 1.04. The van der Waals surface area contributed by atoms with E-state index >= 15 is 0 Å². The quantitative estimate of drug-likeness (QED) is 0.490. The highest BCUT2D eigenvalue weighted by molar-refractivity contribution is 7.15. The third kappa shape index (κ3) is 3.74. The Morgan fingerprint density at radius 3 is 2.71 bits per heavy atom. The fraction of sp³-hybridized carbons (Fsp3) is 0.360. The molecule has 2 aliphatic heterocycles. The zero-order chi connectivity index (χ0) is 21.5. The molecule has 31 heavy (non-hydrogen) atoms. The van der Waals surface area contributed by atoms with Crippen LogP contribution in [0.15, 0.2) is 55.2 Å². The number of ether oxygens (including phenoxy) is 1. The van der Waals surface area contributed by atoms with Gasteiger partial charge >= 0.3 is 0 Å². The lowest BCUT2D eigenvalue weighted by atomic mass is 9.64.